The lowest BCUT2D eigenvalue weighted by atomic mass is 9.93. The van der Waals surface area contributed by atoms with E-state index in [4.69, 9.17) is 5.73 Å². The third-order valence-electron chi connectivity index (χ3n) is 3.61. The molecule has 0 saturated heterocycles. The summed E-state index contributed by atoms with van der Waals surface area (Å²) < 4.78 is 36.3. The molecule has 5 heteroatoms. The van der Waals surface area contributed by atoms with Gasteiger partial charge in [0.25, 0.3) is 0 Å². The molecule has 1 atom stereocenters. The molecule has 0 radical (unpaired) electrons. The van der Waals surface area contributed by atoms with Gasteiger partial charge < -0.3 is 11.1 Å². The van der Waals surface area contributed by atoms with E-state index >= 15 is 0 Å². The smallest absolute Gasteiger partial charge is 0.329 e. The van der Waals surface area contributed by atoms with E-state index in [-0.39, 0.29) is 12.0 Å². The second-order valence-corrected chi connectivity index (χ2v) is 5.30. The maximum absolute atomic E-state index is 12.1. The number of rotatable bonds is 9. The molecular formula is C13H27F3N2. The van der Waals surface area contributed by atoms with Crippen molar-refractivity contribution >= 4 is 0 Å². The molecule has 1 unspecified atom stereocenters. The Morgan fingerprint density at radius 2 is 1.67 bits per heavy atom. The SMILES string of the molecule is CCC(CC)CNC(C)(CN)CCCC(F)(F)F. The highest BCUT2D eigenvalue weighted by Crippen LogP contribution is 2.24. The van der Waals surface area contributed by atoms with Crippen LogP contribution >= 0.6 is 0 Å². The number of halogens is 3. The zero-order valence-electron chi connectivity index (χ0n) is 11.7. The lowest BCUT2D eigenvalue weighted by Crippen LogP contribution is -2.50. The van der Waals surface area contributed by atoms with Gasteiger partial charge in [0.15, 0.2) is 0 Å². The second kappa shape index (κ2) is 8.00. The van der Waals surface area contributed by atoms with Crippen molar-refractivity contribution in [1.29, 1.82) is 0 Å². The maximum Gasteiger partial charge on any atom is 0.389 e. The Balaban J connectivity index is 4.09. The van der Waals surface area contributed by atoms with Gasteiger partial charge in [0.05, 0.1) is 0 Å². The summed E-state index contributed by atoms with van der Waals surface area (Å²) in [6.45, 7) is 7.35. The number of hydrogen-bond donors (Lipinski definition) is 2. The van der Waals surface area contributed by atoms with Gasteiger partial charge in [-0.15, -0.1) is 0 Å². The summed E-state index contributed by atoms with van der Waals surface area (Å²) in [5, 5.41) is 3.34. The Kier molecular flexibility index (Phi) is 7.87. The number of hydrogen-bond acceptors (Lipinski definition) is 2. The number of alkyl halides is 3. The molecule has 0 aromatic carbocycles. The predicted octanol–water partition coefficient (Wildman–Crippen LogP) is 3.46. The Hall–Kier alpha value is -0.290. The minimum absolute atomic E-state index is 0.132. The van der Waals surface area contributed by atoms with Crippen molar-refractivity contribution in [3.05, 3.63) is 0 Å². The Labute approximate surface area is 109 Å². The minimum Gasteiger partial charge on any atom is -0.329 e. The molecule has 0 fully saturated rings. The molecule has 110 valence electrons. The molecule has 0 saturated carbocycles. The monoisotopic (exact) mass is 268 g/mol. The molecule has 0 spiro atoms. The number of nitrogens with two attached hydrogens (primary N) is 1. The van der Waals surface area contributed by atoms with Crippen LogP contribution in [0.1, 0.15) is 52.9 Å². The highest BCUT2D eigenvalue weighted by atomic mass is 19.4. The summed E-state index contributed by atoms with van der Waals surface area (Å²) in [5.74, 6) is 0.568. The van der Waals surface area contributed by atoms with Crippen molar-refractivity contribution in [2.24, 2.45) is 11.7 Å². The molecule has 0 amide bonds. The highest BCUT2D eigenvalue weighted by Gasteiger charge is 2.29. The fourth-order valence-corrected chi connectivity index (χ4v) is 1.91. The predicted molar refractivity (Wildman–Crippen MR) is 69.4 cm³/mol. The molecular weight excluding hydrogens is 241 g/mol. The van der Waals surface area contributed by atoms with E-state index in [1.54, 1.807) is 0 Å². The molecule has 0 heterocycles. The molecule has 0 rings (SSSR count). The van der Waals surface area contributed by atoms with E-state index in [0.29, 0.717) is 18.9 Å². The van der Waals surface area contributed by atoms with Crippen LogP contribution in [0.25, 0.3) is 0 Å². The van der Waals surface area contributed by atoms with Gasteiger partial charge in [-0.2, -0.15) is 13.2 Å². The van der Waals surface area contributed by atoms with Crippen LogP contribution in [0.3, 0.4) is 0 Å². The highest BCUT2D eigenvalue weighted by molar-refractivity contribution is 4.85. The Morgan fingerprint density at radius 1 is 1.11 bits per heavy atom. The van der Waals surface area contributed by atoms with E-state index in [1.165, 1.54) is 0 Å². The van der Waals surface area contributed by atoms with Gasteiger partial charge >= 0.3 is 6.18 Å². The molecule has 2 nitrogen and oxygen atoms in total. The van der Waals surface area contributed by atoms with Crippen molar-refractivity contribution in [2.75, 3.05) is 13.1 Å². The Morgan fingerprint density at radius 3 is 2.06 bits per heavy atom. The van der Waals surface area contributed by atoms with Gasteiger partial charge in [-0.05, 0) is 32.2 Å². The van der Waals surface area contributed by atoms with Gasteiger partial charge in [0.1, 0.15) is 0 Å². The van der Waals surface area contributed by atoms with Crippen LogP contribution in [-0.2, 0) is 0 Å². The van der Waals surface area contributed by atoms with Gasteiger partial charge in [0, 0.05) is 18.5 Å². The topological polar surface area (TPSA) is 38.0 Å². The second-order valence-electron chi connectivity index (χ2n) is 5.30. The Bertz CT molecular complexity index is 215. The first-order valence-corrected chi connectivity index (χ1v) is 6.78. The lowest BCUT2D eigenvalue weighted by molar-refractivity contribution is -0.136. The molecule has 3 N–H and O–H groups in total. The fraction of sp³-hybridized carbons (Fsp3) is 1.00. The van der Waals surface area contributed by atoms with E-state index in [9.17, 15) is 13.2 Å². The van der Waals surface area contributed by atoms with Gasteiger partial charge in [-0.25, -0.2) is 0 Å². The van der Waals surface area contributed by atoms with Crippen molar-refractivity contribution in [2.45, 2.75) is 64.6 Å². The first-order valence-electron chi connectivity index (χ1n) is 6.78. The molecule has 0 aromatic heterocycles. The van der Waals surface area contributed by atoms with Gasteiger partial charge in [-0.1, -0.05) is 26.7 Å². The van der Waals surface area contributed by atoms with Crippen LogP contribution in [-0.4, -0.2) is 24.8 Å². The summed E-state index contributed by atoms with van der Waals surface area (Å²) in [5.41, 5.74) is 5.30. The summed E-state index contributed by atoms with van der Waals surface area (Å²) in [4.78, 5) is 0. The van der Waals surface area contributed by atoms with Gasteiger partial charge in [-0.3, -0.25) is 0 Å². The van der Waals surface area contributed by atoms with Gasteiger partial charge in [0.2, 0.25) is 0 Å². The zero-order valence-corrected chi connectivity index (χ0v) is 11.7. The number of nitrogens with one attached hydrogen (secondary N) is 1. The van der Waals surface area contributed by atoms with E-state index < -0.39 is 12.6 Å². The van der Waals surface area contributed by atoms with Crippen LogP contribution in [0.5, 0.6) is 0 Å². The molecule has 18 heavy (non-hydrogen) atoms. The van der Waals surface area contributed by atoms with Crippen LogP contribution < -0.4 is 11.1 Å². The van der Waals surface area contributed by atoms with E-state index in [0.717, 1.165) is 19.4 Å². The standard InChI is InChI=1S/C13H27F3N2/c1-4-11(5-2)9-18-12(3,10-17)7-6-8-13(14,15)16/h11,18H,4-10,17H2,1-3H3. The third kappa shape index (κ3) is 7.93. The quantitative estimate of drug-likeness (QED) is 0.672. The molecule has 0 aromatic rings. The van der Waals surface area contributed by atoms with Crippen LogP contribution in [0, 0.1) is 5.92 Å². The third-order valence-corrected chi connectivity index (χ3v) is 3.61. The van der Waals surface area contributed by atoms with E-state index in [1.807, 2.05) is 6.92 Å². The minimum atomic E-state index is -4.06. The van der Waals surface area contributed by atoms with E-state index in [2.05, 4.69) is 19.2 Å². The summed E-state index contributed by atoms with van der Waals surface area (Å²) in [7, 11) is 0. The molecule has 0 bridgehead atoms. The van der Waals surface area contributed by atoms with Crippen molar-refractivity contribution in [3.8, 4) is 0 Å². The first kappa shape index (κ1) is 17.7. The molecule has 0 aliphatic carbocycles. The van der Waals surface area contributed by atoms with Crippen molar-refractivity contribution < 1.29 is 13.2 Å². The van der Waals surface area contributed by atoms with Crippen molar-refractivity contribution in [1.82, 2.24) is 5.32 Å². The molecule has 0 aliphatic heterocycles. The van der Waals surface area contributed by atoms with Crippen LogP contribution in [0.4, 0.5) is 13.2 Å². The first-order chi connectivity index (χ1) is 8.26. The largest absolute Gasteiger partial charge is 0.389 e. The van der Waals surface area contributed by atoms with Crippen LogP contribution in [0.2, 0.25) is 0 Å². The zero-order chi connectivity index (χ0) is 14.2. The maximum atomic E-state index is 12.1. The average Bonchev–Trinajstić information content (AvgIpc) is 2.28. The average molecular weight is 268 g/mol. The summed E-state index contributed by atoms with van der Waals surface area (Å²) >= 11 is 0. The summed E-state index contributed by atoms with van der Waals surface area (Å²) in [6, 6.07) is 0. The van der Waals surface area contributed by atoms with Crippen LogP contribution in [0.15, 0.2) is 0 Å². The fourth-order valence-electron chi connectivity index (χ4n) is 1.91. The lowest BCUT2D eigenvalue weighted by Gasteiger charge is -2.31. The molecule has 0 aliphatic rings. The normalized spacial score (nSPS) is 16.0. The summed E-state index contributed by atoms with van der Waals surface area (Å²) in [6.07, 6.45) is -2.05. The van der Waals surface area contributed by atoms with Crippen molar-refractivity contribution in [3.63, 3.8) is 0 Å².